The lowest BCUT2D eigenvalue weighted by Gasteiger charge is -2.33. The highest BCUT2D eigenvalue weighted by Crippen LogP contribution is 2.22. The molecular formula is C17H19N3O5. The third-order valence-corrected chi connectivity index (χ3v) is 4.07. The quantitative estimate of drug-likeness (QED) is 0.884. The SMILES string of the molecule is Cc1nc(COc2cccc(C(=O)N3CCCCC3C(=O)O)c2)no1. The predicted molar refractivity (Wildman–Crippen MR) is 86.1 cm³/mol. The van der Waals surface area contributed by atoms with Gasteiger partial charge in [-0.25, -0.2) is 4.79 Å². The van der Waals surface area contributed by atoms with Crippen LogP contribution in [0, 0.1) is 6.92 Å². The number of aromatic nitrogens is 2. The molecule has 1 unspecified atom stereocenters. The molecule has 3 rings (SSSR count). The van der Waals surface area contributed by atoms with E-state index in [2.05, 4.69) is 10.1 Å². The third kappa shape index (κ3) is 3.96. The van der Waals surface area contributed by atoms with Gasteiger partial charge in [-0.15, -0.1) is 0 Å². The Hall–Kier alpha value is -2.90. The zero-order valence-corrected chi connectivity index (χ0v) is 13.8. The third-order valence-electron chi connectivity index (χ3n) is 4.07. The van der Waals surface area contributed by atoms with Gasteiger partial charge in [-0.1, -0.05) is 11.2 Å². The van der Waals surface area contributed by atoms with Crippen LogP contribution in [-0.2, 0) is 11.4 Å². The van der Waals surface area contributed by atoms with Gasteiger partial charge in [-0.05, 0) is 37.5 Å². The Bertz CT molecular complexity index is 773. The zero-order valence-electron chi connectivity index (χ0n) is 13.8. The lowest BCUT2D eigenvalue weighted by Crippen LogP contribution is -2.47. The van der Waals surface area contributed by atoms with Gasteiger partial charge in [-0.2, -0.15) is 4.98 Å². The summed E-state index contributed by atoms with van der Waals surface area (Å²) in [4.78, 5) is 29.6. The highest BCUT2D eigenvalue weighted by molar-refractivity contribution is 5.97. The Morgan fingerprint density at radius 1 is 1.40 bits per heavy atom. The fourth-order valence-electron chi connectivity index (χ4n) is 2.86. The van der Waals surface area contributed by atoms with Crippen LogP contribution in [0.1, 0.15) is 41.3 Å². The average molecular weight is 345 g/mol. The Morgan fingerprint density at radius 2 is 2.24 bits per heavy atom. The molecule has 0 aliphatic carbocycles. The van der Waals surface area contributed by atoms with Gasteiger partial charge in [0.05, 0.1) is 0 Å². The number of amides is 1. The standard InChI is InChI=1S/C17H19N3O5/c1-11-18-15(19-25-11)10-24-13-6-4-5-12(9-13)16(21)20-8-3-2-7-14(20)17(22)23/h4-6,9,14H,2-3,7-8,10H2,1H3,(H,22,23). The highest BCUT2D eigenvalue weighted by Gasteiger charge is 2.32. The van der Waals surface area contributed by atoms with Crippen molar-refractivity contribution in [2.75, 3.05) is 6.54 Å². The summed E-state index contributed by atoms with van der Waals surface area (Å²) < 4.78 is 10.5. The summed E-state index contributed by atoms with van der Waals surface area (Å²) in [5.74, 6) is 0.0848. The number of benzene rings is 1. The summed E-state index contributed by atoms with van der Waals surface area (Å²) in [5, 5.41) is 13.1. The van der Waals surface area contributed by atoms with Crippen LogP contribution in [0.5, 0.6) is 5.75 Å². The number of hydrogen-bond acceptors (Lipinski definition) is 6. The molecule has 25 heavy (non-hydrogen) atoms. The molecule has 1 aliphatic rings. The second kappa shape index (κ2) is 7.33. The van der Waals surface area contributed by atoms with Crippen LogP contribution in [0.15, 0.2) is 28.8 Å². The van der Waals surface area contributed by atoms with E-state index in [1.807, 2.05) is 0 Å². The zero-order chi connectivity index (χ0) is 17.8. The van der Waals surface area contributed by atoms with Crippen molar-refractivity contribution in [2.24, 2.45) is 0 Å². The molecule has 0 bridgehead atoms. The Balaban J connectivity index is 1.71. The molecule has 1 aromatic carbocycles. The van der Waals surface area contributed by atoms with E-state index in [-0.39, 0.29) is 12.5 Å². The van der Waals surface area contributed by atoms with E-state index < -0.39 is 12.0 Å². The summed E-state index contributed by atoms with van der Waals surface area (Å²) in [6.07, 6.45) is 2.10. The van der Waals surface area contributed by atoms with Crippen LogP contribution in [0.25, 0.3) is 0 Å². The molecule has 1 aromatic heterocycles. The Morgan fingerprint density at radius 3 is 2.96 bits per heavy atom. The number of aliphatic carboxylic acids is 1. The summed E-state index contributed by atoms with van der Waals surface area (Å²) in [7, 11) is 0. The maximum atomic E-state index is 12.7. The van der Waals surface area contributed by atoms with E-state index in [9.17, 15) is 14.7 Å². The van der Waals surface area contributed by atoms with Crippen molar-refractivity contribution in [1.82, 2.24) is 15.0 Å². The van der Waals surface area contributed by atoms with Gasteiger partial charge in [0.1, 0.15) is 11.8 Å². The molecule has 8 heteroatoms. The molecule has 1 atom stereocenters. The number of hydrogen-bond donors (Lipinski definition) is 1. The second-order valence-corrected chi connectivity index (χ2v) is 5.89. The van der Waals surface area contributed by atoms with Crippen LogP contribution in [0.4, 0.5) is 0 Å². The molecule has 1 N–H and O–H groups in total. The number of nitrogens with zero attached hydrogens (tertiary/aromatic N) is 3. The van der Waals surface area contributed by atoms with Gasteiger partial charge >= 0.3 is 5.97 Å². The van der Waals surface area contributed by atoms with Gasteiger partial charge < -0.3 is 19.3 Å². The summed E-state index contributed by atoms with van der Waals surface area (Å²) in [6, 6.07) is 5.90. The second-order valence-electron chi connectivity index (χ2n) is 5.89. The number of ether oxygens (including phenoxy) is 1. The van der Waals surface area contributed by atoms with Crippen molar-refractivity contribution < 1.29 is 24.0 Å². The number of piperidine rings is 1. The minimum absolute atomic E-state index is 0.121. The molecule has 0 spiro atoms. The number of carbonyl (C=O) groups is 2. The van der Waals surface area contributed by atoms with Gasteiger partial charge in [0.2, 0.25) is 11.7 Å². The minimum Gasteiger partial charge on any atom is -0.485 e. The molecule has 1 saturated heterocycles. The first-order valence-corrected chi connectivity index (χ1v) is 8.10. The first-order valence-electron chi connectivity index (χ1n) is 8.10. The van der Waals surface area contributed by atoms with Crippen molar-refractivity contribution in [3.8, 4) is 5.75 Å². The molecule has 1 fully saturated rings. The molecule has 8 nitrogen and oxygen atoms in total. The Kier molecular flexibility index (Phi) is 4.97. The lowest BCUT2D eigenvalue weighted by molar-refractivity contribution is -0.143. The largest absolute Gasteiger partial charge is 0.485 e. The number of aryl methyl sites for hydroxylation is 1. The highest BCUT2D eigenvalue weighted by atomic mass is 16.5. The first-order chi connectivity index (χ1) is 12.0. The predicted octanol–water partition coefficient (Wildman–Crippen LogP) is 2.04. The van der Waals surface area contributed by atoms with Gasteiger partial charge in [0.25, 0.3) is 5.91 Å². The van der Waals surface area contributed by atoms with E-state index in [1.54, 1.807) is 31.2 Å². The number of carbonyl (C=O) groups excluding carboxylic acids is 1. The molecule has 132 valence electrons. The lowest BCUT2D eigenvalue weighted by atomic mass is 10.0. The first kappa shape index (κ1) is 16.9. The van der Waals surface area contributed by atoms with Crippen LogP contribution < -0.4 is 4.74 Å². The molecule has 1 aliphatic heterocycles. The van der Waals surface area contributed by atoms with Crippen LogP contribution in [0.3, 0.4) is 0 Å². The van der Waals surface area contributed by atoms with Crippen LogP contribution >= 0.6 is 0 Å². The maximum Gasteiger partial charge on any atom is 0.326 e. The molecular weight excluding hydrogens is 326 g/mol. The summed E-state index contributed by atoms with van der Waals surface area (Å²) in [6.45, 7) is 2.26. The van der Waals surface area contributed by atoms with Gasteiger partial charge in [-0.3, -0.25) is 4.79 Å². The number of likely N-dealkylation sites (tertiary alicyclic amines) is 1. The van der Waals surface area contributed by atoms with E-state index >= 15 is 0 Å². The van der Waals surface area contributed by atoms with E-state index in [0.717, 1.165) is 12.8 Å². The van der Waals surface area contributed by atoms with E-state index in [1.165, 1.54) is 4.90 Å². The molecule has 2 aromatic rings. The van der Waals surface area contributed by atoms with Gasteiger partial charge in [0.15, 0.2) is 6.61 Å². The van der Waals surface area contributed by atoms with Crippen molar-refractivity contribution >= 4 is 11.9 Å². The maximum absolute atomic E-state index is 12.7. The number of carboxylic acids is 1. The number of carboxylic acid groups (broad SMARTS) is 1. The molecule has 0 saturated carbocycles. The van der Waals surface area contributed by atoms with Crippen LogP contribution in [-0.4, -0.2) is 44.6 Å². The smallest absolute Gasteiger partial charge is 0.326 e. The van der Waals surface area contributed by atoms with Crippen LogP contribution in [0.2, 0.25) is 0 Å². The van der Waals surface area contributed by atoms with E-state index in [4.69, 9.17) is 9.26 Å². The van der Waals surface area contributed by atoms with Crippen molar-refractivity contribution in [1.29, 1.82) is 0 Å². The minimum atomic E-state index is -0.965. The number of rotatable bonds is 5. The molecule has 2 heterocycles. The fraction of sp³-hybridized carbons (Fsp3) is 0.412. The molecule has 0 radical (unpaired) electrons. The fourth-order valence-corrected chi connectivity index (χ4v) is 2.86. The Labute approximate surface area is 144 Å². The topological polar surface area (TPSA) is 106 Å². The van der Waals surface area contributed by atoms with Crippen molar-refractivity contribution in [3.05, 3.63) is 41.5 Å². The van der Waals surface area contributed by atoms with Gasteiger partial charge in [0, 0.05) is 19.0 Å². The van der Waals surface area contributed by atoms with E-state index in [0.29, 0.717) is 36.0 Å². The monoisotopic (exact) mass is 345 g/mol. The average Bonchev–Trinajstić information content (AvgIpc) is 3.05. The summed E-state index contributed by atoms with van der Waals surface area (Å²) in [5.41, 5.74) is 0.398. The van der Waals surface area contributed by atoms with Crippen molar-refractivity contribution in [3.63, 3.8) is 0 Å². The molecule has 1 amide bonds. The normalized spacial score (nSPS) is 17.3. The van der Waals surface area contributed by atoms with Crippen molar-refractivity contribution in [2.45, 2.75) is 38.8 Å². The summed E-state index contributed by atoms with van der Waals surface area (Å²) >= 11 is 0.